The van der Waals surface area contributed by atoms with Gasteiger partial charge in [0.2, 0.25) is 5.16 Å². The summed E-state index contributed by atoms with van der Waals surface area (Å²) in [4.78, 5) is 26.0. The lowest BCUT2D eigenvalue weighted by Gasteiger charge is -2.13. The fourth-order valence-corrected chi connectivity index (χ4v) is 3.87. The van der Waals surface area contributed by atoms with Gasteiger partial charge in [0, 0.05) is 17.9 Å². The zero-order chi connectivity index (χ0) is 19.0. The Balaban J connectivity index is 1.45. The number of fused-ring (bicyclic) bond motifs is 1. The van der Waals surface area contributed by atoms with E-state index in [2.05, 4.69) is 10.2 Å². The molecule has 0 fully saturated rings. The van der Waals surface area contributed by atoms with Gasteiger partial charge >= 0.3 is 0 Å². The number of amides is 2. The third-order valence-corrected chi connectivity index (χ3v) is 5.46. The van der Waals surface area contributed by atoms with Crippen molar-refractivity contribution in [2.75, 3.05) is 18.1 Å². The lowest BCUT2D eigenvalue weighted by molar-refractivity contribution is 0.0664. The second kappa shape index (κ2) is 7.05. The average Bonchev–Trinajstić information content (AvgIpc) is 3.15. The Hall–Kier alpha value is -2.84. The molecule has 0 unspecified atom stereocenters. The zero-order valence-corrected chi connectivity index (χ0v) is 15.6. The third-order valence-electron chi connectivity index (χ3n) is 4.20. The van der Waals surface area contributed by atoms with Gasteiger partial charge in [0.15, 0.2) is 5.82 Å². The maximum absolute atomic E-state index is 12.4. The van der Waals surface area contributed by atoms with Gasteiger partial charge in [-0.3, -0.25) is 14.5 Å². The quantitative estimate of drug-likeness (QED) is 0.402. The van der Waals surface area contributed by atoms with E-state index in [1.165, 1.54) is 21.3 Å². The highest BCUT2D eigenvalue weighted by Crippen LogP contribution is 2.28. The minimum atomic E-state index is -0.276. The van der Waals surface area contributed by atoms with Gasteiger partial charge in [-0.1, -0.05) is 47.6 Å². The number of halogens is 1. The number of hydrogen-bond donors (Lipinski definition) is 1. The molecule has 7 nitrogen and oxygen atoms in total. The van der Waals surface area contributed by atoms with Crippen LogP contribution in [0.15, 0.2) is 53.7 Å². The van der Waals surface area contributed by atoms with Crippen molar-refractivity contribution in [3.05, 3.63) is 64.7 Å². The highest BCUT2D eigenvalue weighted by Gasteiger charge is 2.34. The van der Waals surface area contributed by atoms with Gasteiger partial charge in [0.1, 0.15) is 0 Å². The maximum atomic E-state index is 12.4. The van der Waals surface area contributed by atoms with Crippen LogP contribution in [0.2, 0.25) is 5.02 Å². The van der Waals surface area contributed by atoms with Crippen molar-refractivity contribution in [1.29, 1.82) is 0 Å². The fourth-order valence-electron chi connectivity index (χ4n) is 2.87. The number of nitrogens with zero attached hydrogens (tertiary/aromatic N) is 4. The molecule has 0 radical (unpaired) electrons. The van der Waals surface area contributed by atoms with Gasteiger partial charge in [0.25, 0.3) is 11.8 Å². The topological polar surface area (TPSA) is 94.1 Å². The van der Waals surface area contributed by atoms with E-state index in [0.717, 1.165) is 0 Å². The number of nitrogen functional groups attached to an aromatic ring is 1. The lowest BCUT2D eigenvalue weighted by Crippen LogP contribution is -2.32. The van der Waals surface area contributed by atoms with Gasteiger partial charge in [-0.15, -0.1) is 10.2 Å². The van der Waals surface area contributed by atoms with Crippen LogP contribution in [0, 0.1) is 0 Å². The van der Waals surface area contributed by atoms with E-state index >= 15 is 0 Å². The zero-order valence-electron chi connectivity index (χ0n) is 14.0. The van der Waals surface area contributed by atoms with Crippen LogP contribution in [-0.4, -0.2) is 43.9 Å². The first-order valence-electron chi connectivity index (χ1n) is 8.11. The smallest absolute Gasteiger partial charge is 0.261 e. The summed E-state index contributed by atoms with van der Waals surface area (Å²) >= 11 is 7.49. The molecule has 2 N–H and O–H groups in total. The second-order valence-corrected chi connectivity index (χ2v) is 7.28. The predicted octanol–water partition coefficient (Wildman–Crippen LogP) is 2.70. The van der Waals surface area contributed by atoms with Crippen LogP contribution in [0.25, 0.3) is 11.4 Å². The molecule has 3 aromatic rings. The molecule has 0 saturated heterocycles. The van der Waals surface area contributed by atoms with Crippen molar-refractivity contribution < 1.29 is 9.59 Å². The number of thioether (sulfide) groups is 1. The highest BCUT2D eigenvalue weighted by molar-refractivity contribution is 7.99. The lowest BCUT2D eigenvalue weighted by atomic mass is 10.1. The van der Waals surface area contributed by atoms with Crippen LogP contribution in [0.4, 0.5) is 0 Å². The van der Waals surface area contributed by atoms with Crippen LogP contribution < -0.4 is 5.84 Å². The SMILES string of the molecule is Nn1c(SCCN2C(=O)c3ccccc3C2=O)nnc1-c1ccccc1Cl. The van der Waals surface area contributed by atoms with Gasteiger partial charge in [-0.2, -0.15) is 0 Å². The number of carbonyl (C=O) groups is 2. The molecule has 0 atom stereocenters. The summed E-state index contributed by atoms with van der Waals surface area (Å²) in [5.41, 5.74) is 1.56. The molecule has 27 heavy (non-hydrogen) atoms. The van der Waals surface area contributed by atoms with Crippen molar-refractivity contribution in [1.82, 2.24) is 19.8 Å². The number of benzene rings is 2. The average molecular weight is 400 g/mol. The molecule has 2 aromatic carbocycles. The van der Waals surface area contributed by atoms with Crippen LogP contribution in [0.5, 0.6) is 0 Å². The second-order valence-electron chi connectivity index (χ2n) is 5.81. The van der Waals surface area contributed by atoms with Gasteiger partial charge < -0.3 is 5.84 Å². The van der Waals surface area contributed by atoms with Crippen molar-refractivity contribution in [2.24, 2.45) is 0 Å². The summed E-state index contributed by atoms with van der Waals surface area (Å²) in [6.07, 6.45) is 0. The first-order chi connectivity index (χ1) is 13.1. The predicted molar refractivity (Wildman–Crippen MR) is 103 cm³/mol. The number of hydrogen-bond acceptors (Lipinski definition) is 6. The summed E-state index contributed by atoms with van der Waals surface area (Å²) in [5, 5.41) is 9.17. The summed E-state index contributed by atoms with van der Waals surface area (Å²) in [7, 11) is 0. The van der Waals surface area contributed by atoms with E-state index in [0.29, 0.717) is 38.4 Å². The molecule has 0 aliphatic carbocycles. The number of imide groups is 1. The largest absolute Gasteiger partial charge is 0.335 e. The normalized spacial score (nSPS) is 13.3. The van der Waals surface area contributed by atoms with Crippen LogP contribution in [0.1, 0.15) is 20.7 Å². The van der Waals surface area contributed by atoms with E-state index in [1.54, 1.807) is 30.3 Å². The van der Waals surface area contributed by atoms with Crippen molar-refractivity contribution in [3.63, 3.8) is 0 Å². The number of carbonyl (C=O) groups excluding carboxylic acids is 2. The maximum Gasteiger partial charge on any atom is 0.261 e. The molecular formula is C18H14ClN5O2S. The van der Waals surface area contributed by atoms with Crippen molar-refractivity contribution >= 4 is 35.2 Å². The first kappa shape index (κ1) is 17.6. The summed E-state index contributed by atoms with van der Waals surface area (Å²) in [6, 6.07) is 14.0. The molecule has 1 aliphatic rings. The van der Waals surface area contributed by atoms with Crippen molar-refractivity contribution in [2.45, 2.75) is 5.16 Å². The summed E-state index contributed by atoms with van der Waals surface area (Å²) in [6.45, 7) is 0.255. The molecule has 1 aliphatic heterocycles. The summed E-state index contributed by atoms with van der Waals surface area (Å²) in [5.74, 6) is 6.43. The van der Waals surface area contributed by atoms with E-state index in [-0.39, 0.29) is 18.4 Å². The molecule has 0 saturated carbocycles. The van der Waals surface area contributed by atoms with Crippen LogP contribution >= 0.6 is 23.4 Å². The molecule has 2 heterocycles. The van der Waals surface area contributed by atoms with Crippen LogP contribution in [0.3, 0.4) is 0 Å². The highest BCUT2D eigenvalue weighted by atomic mass is 35.5. The van der Waals surface area contributed by atoms with Gasteiger partial charge in [-0.05, 0) is 24.3 Å². The standard InChI is InChI=1S/C18H14ClN5O2S/c19-14-8-4-3-7-13(14)15-21-22-18(24(15)20)27-10-9-23-16(25)11-5-1-2-6-12(11)17(23)26/h1-8H,9-10,20H2. The number of rotatable bonds is 5. The van der Waals surface area contributed by atoms with E-state index < -0.39 is 0 Å². The molecule has 9 heteroatoms. The Bertz CT molecular complexity index is 1020. The third kappa shape index (κ3) is 3.07. The van der Waals surface area contributed by atoms with Crippen LogP contribution in [-0.2, 0) is 0 Å². The van der Waals surface area contributed by atoms with Gasteiger partial charge in [0.05, 0.1) is 16.1 Å². The van der Waals surface area contributed by atoms with E-state index in [9.17, 15) is 9.59 Å². The van der Waals surface area contributed by atoms with E-state index in [4.69, 9.17) is 17.4 Å². The Morgan fingerprint density at radius 1 is 0.926 bits per heavy atom. The number of aromatic nitrogens is 3. The summed E-state index contributed by atoms with van der Waals surface area (Å²) < 4.78 is 1.36. The van der Waals surface area contributed by atoms with Crippen molar-refractivity contribution in [3.8, 4) is 11.4 Å². The minimum absolute atomic E-state index is 0.255. The molecule has 0 bridgehead atoms. The molecule has 1 aromatic heterocycles. The molecule has 0 spiro atoms. The molecule has 2 amide bonds. The fraction of sp³-hybridized carbons (Fsp3) is 0.111. The monoisotopic (exact) mass is 399 g/mol. The Morgan fingerprint density at radius 2 is 1.52 bits per heavy atom. The Kier molecular flexibility index (Phi) is 4.59. The van der Waals surface area contributed by atoms with Gasteiger partial charge in [-0.25, -0.2) is 4.68 Å². The Morgan fingerprint density at radius 3 is 2.15 bits per heavy atom. The first-order valence-corrected chi connectivity index (χ1v) is 9.47. The van der Waals surface area contributed by atoms with E-state index in [1.807, 2.05) is 18.2 Å². The molecule has 136 valence electrons. The minimum Gasteiger partial charge on any atom is -0.335 e. The Labute approximate surface area is 164 Å². The molecular weight excluding hydrogens is 386 g/mol. The number of nitrogens with two attached hydrogens (primary N) is 1. The molecule has 4 rings (SSSR count).